The van der Waals surface area contributed by atoms with Crippen LogP contribution < -0.4 is 5.32 Å². The molecule has 4 nitrogen and oxygen atoms in total. The average Bonchev–Trinajstić information content (AvgIpc) is 2.88. The molecule has 0 aliphatic heterocycles. The lowest BCUT2D eigenvalue weighted by Gasteiger charge is -2.15. The van der Waals surface area contributed by atoms with Gasteiger partial charge in [0.15, 0.2) is 0 Å². The summed E-state index contributed by atoms with van der Waals surface area (Å²) in [6.07, 6.45) is 4.16. The van der Waals surface area contributed by atoms with Crippen molar-refractivity contribution in [1.82, 2.24) is 9.62 Å². The van der Waals surface area contributed by atoms with Crippen LogP contribution in [0.3, 0.4) is 0 Å². The Kier molecular flexibility index (Phi) is 7.72. The molecule has 0 spiro atoms. The zero-order valence-corrected chi connectivity index (χ0v) is 14.3. The molecule has 1 aromatic rings. The smallest absolute Gasteiger partial charge is 0.252 e. The van der Waals surface area contributed by atoms with Crippen molar-refractivity contribution in [1.29, 1.82) is 0 Å². The third-order valence-electron chi connectivity index (χ3n) is 3.13. The van der Waals surface area contributed by atoms with E-state index in [1.807, 2.05) is 5.38 Å². The summed E-state index contributed by atoms with van der Waals surface area (Å²) in [4.78, 5) is 0. The second kappa shape index (κ2) is 8.77. The van der Waals surface area contributed by atoms with E-state index in [0.717, 1.165) is 44.3 Å². The summed E-state index contributed by atoms with van der Waals surface area (Å²) in [6, 6.07) is 1.79. The van der Waals surface area contributed by atoms with Crippen LogP contribution in [0.1, 0.15) is 45.1 Å². The maximum atomic E-state index is 12.4. The summed E-state index contributed by atoms with van der Waals surface area (Å²) in [5.41, 5.74) is 1.05. The number of thiophene rings is 1. The van der Waals surface area contributed by atoms with Crippen molar-refractivity contribution in [2.24, 2.45) is 0 Å². The standard InChI is InChI=1S/C14H26N2O2S2/c1-4-6-7-9-16(3)20(17,18)14-10-13(12-19-14)11-15-8-5-2/h10,12,15H,4-9,11H2,1-3H3. The van der Waals surface area contributed by atoms with E-state index in [2.05, 4.69) is 19.2 Å². The number of nitrogens with zero attached hydrogens (tertiary/aromatic N) is 1. The normalized spacial score (nSPS) is 12.2. The van der Waals surface area contributed by atoms with Crippen LogP contribution in [0.2, 0.25) is 0 Å². The number of hydrogen-bond acceptors (Lipinski definition) is 4. The van der Waals surface area contributed by atoms with Crippen molar-refractivity contribution in [2.45, 2.75) is 50.3 Å². The average molecular weight is 319 g/mol. The van der Waals surface area contributed by atoms with Crippen LogP contribution in [0.15, 0.2) is 15.7 Å². The Morgan fingerprint density at radius 3 is 2.65 bits per heavy atom. The Morgan fingerprint density at radius 1 is 1.25 bits per heavy atom. The Hall–Kier alpha value is -0.430. The Bertz CT molecular complexity index is 483. The van der Waals surface area contributed by atoms with Gasteiger partial charge in [-0.05, 0) is 36.4 Å². The molecule has 0 saturated heterocycles. The Morgan fingerprint density at radius 2 is 2.00 bits per heavy atom. The van der Waals surface area contributed by atoms with Gasteiger partial charge in [-0.15, -0.1) is 11.3 Å². The minimum absolute atomic E-state index is 0.449. The molecule has 0 radical (unpaired) electrons. The monoisotopic (exact) mass is 318 g/mol. The molecule has 0 unspecified atom stereocenters. The molecule has 116 valence electrons. The van der Waals surface area contributed by atoms with Gasteiger partial charge in [0, 0.05) is 20.1 Å². The first-order valence-corrected chi connectivity index (χ1v) is 9.58. The zero-order valence-electron chi connectivity index (χ0n) is 12.7. The SMILES string of the molecule is CCCCCN(C)S(=O)(=O)c1cc(CNCCC)cs1. The molecule has 1 rings (SSSR count). The summed E-state index contributed by atoms with van der Waals surface area (Å²) < 4.78 is 26.7. The summed E-state index contributed by atoms with van der Waals surface area (Å²) in [5.74, 6) is 0. The molecule has 0 amide bonds. The van der Waals surface area contributed by atoms with Crippen molar-refractivity contribution < 1.29 is 8.42 Å². The van der Waals surface area contributed by atoms with Crippen LogP contribution in [0.25, 0.3) is 0 Å². The summed E-state index contributed by atoms with van der Waals surface area (Å²) in [7, 11) is -1.64. The molecule has 0 atom stereocenters. The van der Waals surface area contributed by atoms with Crippen molar-refractivity contribution in [3.05, 3.63) is 17.0 Å². The van der Waals surface area contributed by atoms with Gasteiger partial charge in [0.05, 0.1) is 0 Å². The first-order chi connectivity index (χ1) is 9.52. The molecule has 0 bridgehead atoms. The molecular weight excluding hydrogens is 292 g/mol. The molecule has 1 aromatic heterocycles. The van der Waals surface area contributed by atoms with Crippen LogP contribution in [0.5, 0.6) is 0 Å². The van der Waals surface area contributed by atoms with E-state index in [4.69, 9.17) is 0 Å². The van der Waals surface area contributed by atoms with E-state index in [1.54, 1.807) is 13.1 Å². The van der Waals surface area contributed by atoms with Gasteiger partial charge >= 0.3 is 0 Å². The predicted molar refractivity (Wildman–Crippen MR) is 85.7 cm³/mol. The highest BCUT2D eigenvalue weighted by Crippen LogP contribution is 2.23. The van der Waals surface area contributed by atoms with Crippen LogP contribution in [0, 0.1) is 0 Å². The maximum Gasteiger partial charge on any atom is 0.252 e. The van der Waals surface area contributed by atoms with Gasteiger partial charge in [0.1, 0.15) is 4.21 Å². The van der Waals surface area contributed by atoms with Crippen LogP contribution in [0.4, 0.5) is 0 Å². The van der Waals surface area contributed by atoms with E-state index in [-0.39, 0.29) is 0 Å². The lowest BCUT2D eigenvalue weighted by Crippen LogP contribution is -2.27. The van der Waals surface area contributed by atoms with Crippen LogP contribution in [-0.4, -0.2) is 32.9 Å². The summed E-state index contributed by atoms with van der Waals surface area (Å²) >= 11 is 1.31. The fourth-order valence-corrected chi connectivity index (χ4v) is 4.48. The van der Waals surface area contributed by atoms with Crippen molar-refractivity contribution in [2.75, 3.05) is 20.1 Å². The quantitative estimate of drug-likeness (QED) is 0.675. The molecule has 6 heteroatoms. The van der Waals surface area contributed by atoms with Crippen molar-refractivity contribution in [3.8, 4) is 0 Å². The Labute approximate surface area is 127 Å². The van der Waals surface area contributed by atoms with E-state index in [1.165, 1.54) is 15.6 Å². The summed E-state index contributed by atoms with van der Waals surface area (Å²) in [5, 5.41) is 5.21. The molecule has 1 N–H and O–H groups in total. The number of sulfonamides is 1. The number of rotatable bonds is 10. The van der Waals surface area contributed by atoms with Gasteiger partial charge in [-0.3, -0.25) is 0 Å². The van der Waals surface area contributed by atoms with Gasteiger partial charge in [-0.25, -0.2) is 12.7 Å². The molecule has 0 fully saturated rings. The lowest BCUT2D eigenvalue weighted by atomic mass is 10.2. The number of hydrogen-bond donors (Lipinski definition) is 1. The van der Waals surface area contributed by atoms with Crippen molar-refractivity contribution >= 4 is 21.4 Å². The van der Waals surface area contributed by atoms with Gasteiger partial charge in [0.2, 0.25) is 0 Å². The highest BCUT2D eigenvalue weighted by atomic mass is 32.2. The maximum absolute atomic E-state index is 12.4. The molecule has 20 heavy (non-hydrogen) atoms. The van der Waals surface area contributed by atoms with Gasteiger partial charge in [-0.2, -0.15) is 0 Å². The molecule has 0 saturated carbocycles. The second-order valence-electron chi connectivity index (χ2n) is 4.98. The highest BCUT2D eigenvalue weighted by molar-refractivity contribution is 7.91. The van der Waals surface area contributed by atoms with E-state index >= 15 is 0 Å². The van der Waals surface area contributed by atoms with E-state index < -0.39 is 10.0 Å². The third-order valence-corrected chi connectivity index (χ3v) is 6.45. The molecule has 0 aliphatic carbocycles. The minimum Gasteiger partial charge on any atom is -0.313 e. The fourth-order valence-electron chi connectivity index (χ4n) is 1.85. The topological polar surface area (TPSA) is 49.4 Å². The van der Waals surface area contributed by atoms with Crippen molar-refractivity contribution in [3.63, 3.8) is 0 Å². The van der Waals surface area contributed by atoms with E-state index in [0.29, 0.717) is 10.8 Å². The summed E-state index contributed by atoms with van der Waals surface area (Å²) in [6.45, 7) is 6.51. The first-order valence-electron chi connectivity index (χ1n) is 7.26. The largest absolute Gasteiger partial charge is 0.313 e. The highest BCUT2D eigenvalue weighted by Gasteiger charge is 2.22. The molecule has 0 aliphatic rings. The van der Waals surface area contributed by atoms with Gasteiger partial charge < -0.3 is 5.32 Å². The zero-order chi connectivity index (χ0) is 15.0. The third kappa shape index (κ3) is 5.16. The molecular formula is C14H26N2O2S2. The van der Waals surface area contributed by atoms with Crippen LogP contribution >= 0.6 is 11.3 Å². The molecule has 1 heterocycles. The first kappa shape index (κ1) is 17.6. The Balaban J connectivity index is 2.62. The van der Waals surface area contributed by atoms with Crippen LogP contribution in [-0.2, 0) is 16.6 Å². The minimum atomic E-state index is -3.31. The fraction of sp³-hybridized carbons (Fsp3) is 0.714. The number of nitrogens with one attached hydrogen (secondary N) is 1. The molecule has 0 aromatic carbocycles. The lowest BCUT2D eigenvalue weighted by molar-refractivity contribution is 0.455. The predicted octanol–water partition coefficient (Wildman–Crippen LogP) is 3.06. The van der Waals surface area contributed by atoms with Gasteiger partial charge in [-0.1, -0.05) is 26.7 Å². The second-order valence-corrected chi connectivity index (χ2v) is 8.17. The number of unbranched alkanes of at least 4 members (excludes halogenated alkanes) is 2. The van der Waals surface area contributed by atoms with E-state index in [9.17, 15) is 8.42 Å². The van der Waals surface area contributed by atoms with Gasteiger partial charge in [0.25, 0.3) is 10.0 Å².